The van der Waals surface area contributed by atoms with Crippen molar-refractivity contribution >= 4 is 11.8 Å². The maximum Gasteiger partial charge on any atom is 0.405 e. The highest BCUT2D eigenvalue weighted by Crippen LogP contribution is 2.33. The van der Waals surface area contributed by atoms with Crippen molar-refractivity contribution in [3.8, 4) is 11.3 Å². The van der Waals surface area contributed by atoms with Gasteiger partial charge >= 0.3 is 6.09 Å². The molecule has 0 radical (unpaired) electrons. The number of carbonyl (C=O) groups is 1. The van der Waals surface area contributed by atoms with E-state index in [-0.39, 0.29) is 5.92 Å². The molecule has 2 aromatic rings. The van der Waals surface area contributed by atoms with Crippen molar-refractivity contribution in [3.63, 3.8) is 0 Å². The molecule has 1 aromatic carbocycles. The number of carboxylic acid groups (broad SMARTS) is 1. The molecule has 1 atom stereocenters. The third-order valence-corrected chi connectivity index (χ3v) is 4.25. The van der Waals surface area contributed by atoms with E-state index in [1.54, 1.807) is 10.9 Å². The Hall–Kier alpha value is -2.76. The van der Waals surface area contributed by atoms with Crippen molar-refractivity contribution in [3.05, 3.63) is 48.7 Å². The molecule has 4 N–H and O–H groups in total. The van der Waals surface area contributed by atoms with Crippen LogP contribution in [0.15, 0.2) is 43.1 Å². The Labute approximate surface area is 148 Å². The lowest BCUT2D eigenvalue weighted by molar-refractivity contribution is 0.179. The number of benzene rings is 1. The third-order valence-electron chi connectivity index (χ3n) is 4.25. The highest BCUT2D eigenvalue weighted by Gasteiger charge is 2.26. The van der Waals surface area contributed by atoms with Gasteiger partial charge in [-0.2, -0.15) is 5.10 Å². The summed E-state index contributed by atoms with van der Waals surface area (Å²) in [6, 6.07) is 8.15. The van der Waals surface area contributed by atoms with Crippen molar-refractivity contribution in [2.75, 3.05) is 5.73 Å². The number of rotatable bonds is 7. The normalized spacial score (nSPS) is 12.6. The topological polar surface area (TPSA) is 93.2 Å². The maximum atomic E-state index is 11.0. The lowest BCUT2D eigenvalue weighted by Crippen LogP contribution is -2.43. The monoisotopic (exact) mass is 342 g/mol. The van der Waals surface area contributed by atoms with Crippen molar-refractivity contribution in [2.45, 2.75) is 38.1 Å². The average molecular weight is 342 g/mol. The molecule has 25 heavy (non-hydrogen) atoms. The Morgan fingerprint density at radius 1 is 1.52 bits per heavy atom. The summed E-state index contributed by atoms with van der Waals surface area (Å²) in [5, 5.41) is 15.8. The van der Waals surface area contributed by atoms with E-state index in [1.165, 1.54) is 0 Å². The van der Waals surface area contributed by atoms with Crippen LogP contribution in [0, 0.1) is 0 Å². The first-order valence-corrected chi connectivity index (χ1v) is 8.23. The summed E-state index contributed by atoms with van der Waals surface area (Å²) in [6.45, 7) is 7.62. The smallest absolute Gasteiger partial charge is 0.405 e. The second kappa shape index (κ2) is 7.42. The molecular formula is C19H26N4O2. The van der Waals surface area contributed by atoms with Crippen LogP contribution in [0.1, 0.15) is 38.2 Å². The molecule has 6 heteroatoms. The molecule has 6 nitrogen and oxygen atoms in total. The maximum absolute atomic E-state index is 11.0. The molecule has 1 aromatic heterocycles. The summed E-state index contributed by atoms with van der Waals surface area (Å²) in [6.07, 6.45) is 3.92. The standard InChI is InChI=1S/C19H26N4O2/c1-5-7-15(11-19(2,3)22-18(24)25)13-8-6-9-14(10-13)17-16(20)12-21-23(17)4/h5-6,8-10,12,15,22H,1,7,11,20H2,2-4H3,(H,24,25)/t15-/m0/s1. The summed E-state index contributed by atoms with van der Waals surface area (Å²) in [5.74, 6) is 0.147. The molecule has 0 aliphatic rings. The summed E-state index contributed by atoms with van der Waals surface area (Å²) < 4.78 is 1.76. The number of nitrogens with one attached hydrogen (secondary N) is 1. The number of hydrogen-bond acceptors (Lipinski definition) is 3. The number of aryl methyl sites for hydroxylation is 1. The lowest BCUT2D eigenvalue weighted by atomic mass is 9.83. The number of aromatic nitrogens is 2. The number of anilines is 1. The number of nitrogen functional groups attached to an aromatic ring is 1. The third kappa shape index (κ3) is 4.62. The highest BCUT2D eigenvalue weighted by atomic mass is 16.4. The van der Waals surface area contributed by atoms with Gasteiger partial charge in [0.2, 0.25) is 0 Å². The van der Waals surface area contributed by atoms with Crippen molar-refractivity contribution in [1.29, 1.82) is 0 Å². The first-order chi connectivity index (χ1) is 11.7. The molecule has 0 unspecified atom stereocenters. The Morgan fingerprint density at radius 2 is 2.24 bits per heavy atom. The van der Waals surface area contributed by atoms with Crippen LogP contribution in [0.25, 0.3) is 11.3 Å². The number of nitrogens with zero attached hydrogens (tertiary/aromatic N) is 2. The zero-order valence-corrected chi connectivity index (χ0v) is 15.0. The van der Waals surface area contributed by atoms with Gasteiger partial charge in [0.05, 0.1) is 17.6 Å². The van der Waals surface area contributed by atoms with E-state index >= 15 is 0 Å². The van der Waals surface area contributed by atoms with E-state index in [0.717, 1.165) is 23.2 Å². The molecule has 0 fully saturated rings. The summed E-state index contributed by atoms with van der Waals surface area (Å²) in [4.78, 5) is 11.0. The lowest BCUT2D eigenvalue weighted by Gasteiger charge is -2.29. The molecule has 0 saturated carbocycles. The van der Waals surface area contributed by atoms with Gasteiger partial charge in [0.1, 0.15) is 0 Å². The van der Waals surface area contributed by atoms with Gasteiger partial charge in [0, 0.05) is 18.2 Å². The van der Waals surface area contributed by atoms with E-state index in [0.29, 0.717) is 12.1 Å². The van der Waals surface area contributed by atoms with E-state index in [9.17, 15) is 4.79 Å². The van der Waals surface area contributed by atoms with Crippen LogP contribution in [-0.4, -0.2) is 26.5 Å². The van der Waals surface area contributed by atoms with Crippen LogP contribution in [-0.2, 0) is 7.05 Å². The largest absolute Gasteiger partial charge is 0.465 e. The first-order valence-electron chi connectivity index (χ1n) is 8.23. The SMILES string of the molecule is C=CC[C@@H](CC(C)(C)NC(=O)O)c1cccc(-c2c(N)cnn2C)c1. The molecule has 0 bridgehead atoms. The van der Waals surface area contributed by atoms with Crippen LogP contribution in [0.2, 0.25) is 0 Å². The predicted molar refractivity (Wildman–Crippen MR) is 100 cm³/mol. The van der Waals surface area contributed by atoms with Gasteiger partial charge in [-0.05, 0) is 44.2 Å². The average Bonchev–Trinajstić information content (AvgIpc) is 2.84. The summed E-state index contributed by atoms with van der Waals surface area (Å²) >= 11 is 0. The second-order valence-electron chi connectivity index (χ2n) is 6.94. The molecule has 1 amide bonds. The Bertz CT molecular complexity index is 745. The van der Waals surface area contributed by atoms with Crippen LogP contribution in [0.5, 0.6) is 0 Å². The highest BCUT2D eigenvalue weighted by molar-refractivity contribution is 5.73. The van der Waals surface area contributed by atoms with Gasteiger partial charge in [-0.25, -0.2) is 4.79 Å². The zero-order chi connectivity index (χ0) is 18.6. The second-order valence-corrected chi connectivity index (χ2v) is 6.94. The fraction of sp³-hybridized carbons (Fsp3) is 0.368. The molecule has 0 aliphatic carbocycles. The summed E-state index contributed by atoms with van der Waals surface area (Å²) in [7, 11) is 1.86. The Kier molecular flexibility index (Phi) is 5.51. The molecule has 0 saturated heterocycles. The molecule has 1 heterocycles. The van der Waals surface area contributed by atoms with Crippen LogP contribution >= 0.6 is 0 Å². The van der Waals surface area contributed by atoms with E-state index < -0.39 is 11.6 Å². The number of hydrogen-bond donors (Lipinski definition) is 3. The number of amides is 1. The van der Waals surface area contributed by atoms with Gasteiger partial charge in [0.25, 0.3) is 0 Å². The van der Waals surface area contributed by atoms with Crippen LogP contribution in [0.3, 0.4) is 0 Å². The first kappa shape index (κ1) is 18.6. The fourth-order valence-electron chi connectivity index (χ4n) is 3.24. The zero-order valence-electron chi connectivity index (χ0n) is 15.0. The minimum atomic E-state index is -1.02. The number of allylic oxidation sites excluding steroid dienone is 1. The molecule has 134 valence electrons. The van der Waals surface area contributed by atoms with Gasteiger partial charge in [-0.15, -0.1) is 6.58 Å². The molecular weight excluding hydrogens is 316 g/mol. The van der Waals surface area contributed by atoms with Crippen molar-refractivity contribution in [2.24, 2.45) is 7.05 Å². The number of nitrogens with two attached hydrogens (primary N) is 1. The van der Waals surface area contributed by atoms with Gasteiger partial charge in [0.15, 0.2) is 0 Å². The molecule has 0 aliphatic heterocycles. The Balaban J connectivity index is 2.35. The van der Waals surface area contributed by atoms with Gasteiger partial charge in [-0.1, -0.05) is 24.3 Å². The molecule has 0 spiro atoms. The minimum absolute atomic E-state index is 0.147. The van der Waals surface area contributed by atoms with Gasteiger partial charge in [-0.3, -0.25) is 4.68 Å². The van der Waals surface area contributed by atoms with Crippen LogP contribution < -0.4 is 11.1 Å². The Morgan fingerprint density at radius 3 is 2.80 bits per heavy atom. The molecule has 2 rings (SSSR count). The van der Waals surface area contributed by atoms with Crippen LogP contribution in [0.4, 0.5) is 10.5 Å². The van der Waals surface area contributed by atoms with Crippen molar-refractivity contribution < 1.29 is 9.90 Å². The predicted octanol–water partition coefficient (Wildman–Crippen LogP) is 3.77. The summed E-state index contributed by atoms with van der Waals surface area (Å²) in [5.41, 5.74) is 9.13. The quantitative estimate of drug-likeness (QED) is 0.668. The fourth-order valence-corrected chi connectivity index (χ4v) is 3.24. The van der Waals surface area contributed by atoms with E-state index in [1.807, 2.05) is 39.1 Å². The van der Waals surface area contributed by atoms with E-state index in [2.05, 4.69) is 29.1 Å². The van der Waals surface area contributed by atoms with Gasteiger partial charge < -0.3 is 16.2 Å². The van der Waals surface area contributed by atoms with E-state index in [4.69, 9.17) is 10.8 Å². The van der Waals surface area contributed by atoms with Crippen molar-refractivity contribution in [1.82, 2.24) is 15.1 Å². The minimum Gasteiger partial charge on any atom is -0.465 e.